The van der Waals surface area contributed by atoms with E-state index in [9.17, 15) is 9.59 Å². The third-order valence-corrected chi connectivity index (χ3v) is 1.54. The van der Waals surface area contributed by atoms with E-state index in [4.69, 9.17) is 4.74 Å². The summed E-state index contributed by atoms with van der Waals surface area (Å²) in [6, 6.07) is 0. The molecule has 1 aliphatic rings. The average Bonchev–Trinajstić information content (AvgIpc) is 2.43. The van der Waals surface area contributed by atoms with E-state index in [1.165, 1.54) is 18.2 Å². The van der Waals surface area contributed by atoms with Gasteiger partial charge in [-0.1, -0.05) is 13.2 Å². The molecule has 0 radical (unpaired) electrons. The Morgan fingerprint density at radius 2 is 1.85 bits per heavy atom. The fourth-order valence-corrected chi connectivity index (χ4v) is 0.983. The van der Waals surface area contributed by atoms with Gasteiger partial charge in [0.25, 0.3) is 11.8 Å². The van der Waals surface area contributed by atoms with E-state index in [0.29, 0.717) is 0 Å². The van der Waals surface area contributed by atoms with Crippen LogP contribution in [0.2, 0.25) is 0 Å². The summed E-state index contributed by atoms with van der Waals surface area (Å²) < 4.78 is 4.91. The molecule has 1 aliphatic heterocycles. The van der Waals surface area contributed by atoms with E-state index < -0.39 is 18.0 Å². The molecule has 0 spiro atoms. The van der Waals surface area contributed by atoms with Crippen molar-refractivity contribution in [3.05, 3.63) is 37.6 Å². The second-order valence-electron chi connectivity index (χ2n) is 2.31. The molecule has 0 aliphatic carbocycles. The molecular weight excluding hydrogens is 170 g/mol. The van der Waals surface area contributed by atoms with Crippen LogP contribution in [0.5, 0.6) is 0 Å². The molecule has 13 heavy (non-hydrogen) atoms. The first-order valence-electron chi connectivity index (χ1n) is 3.65. The van der Waals surface area contributed by atoms with Crippen molar-refractivity contribution >= 4 is 11.8 Å². The van der Waals surface area contributed by atoms with Crippen molar-refractivity contribution in [2.24, 2.45) is 0 Å². The van der Waals surface area contributed by atoms with Crippen LogP contribution in [-0.2, 0) is 14.3 Å². The Balaban J connectivity index is 2.79. The van der Waals surface area contributed by atoms with Crippen LogP contribution in [0.4, 0.5) is 0 Å². The minimum absolute atomic E-state index is 0.406. The Morgan fingerprint density at radius 1 is 1.31 bits per heavy atom. The second-order valence-corrected chi connectivity index (χ2v) is 2.31. The molecule has 0 saturated heterocycles. The molecule has 0 fully saturated rings. The number of imide groups is 1. The summed E-state index contributed by atoms with van der Waals surface area (Å²) in [5.41, 5.74) is 0. The molecule has 0 N–H and O–H groups in total. The number of carbonyl (C=O) groups excluding carboxylic acids is 2. The van der Waals surface area contributed by atoms with Crippen molar-refractivity contribution in [3.8, 4) is 0 Å². The van der Waals surface area contributed by atoms with Gasteiger partial charge in [-0.2, -0.15) is 0 Å². The second kappa shape index (κ2) is 3.71. The van der Waals surface area contributed by atoms with Crippen LogP contribution >= 0.6 is 0 Å². The van der Waals surface area contributed by atoms with E-state index in [1.807, 2.05) is 0 Å². The highest BCUT2D eigenvalue weighted by molar-refractivity contribution is 6.13. The maximum absolute atomic E-state index is 11.1. The summed E-state index contributed by atoms with van der Waals surface area (Å²) in [5.74, 6) is -0.812. The molecule has 0 aromatic rings. The van der Waals surface area contributed by atoms with E-state index in [2.05, 4.69) is 13.2 Å². The fourth-order valence-electron chi connectivity index (χ4n) is 0.983. The van der Waals surface area contributed by atoms with Crippen LogP contribution in [0, 0.1) is 0 Å². The first-order chi connectivity index (χ1) is 6.20. The zero-order chi connectivity index (χ0) is 9.84. The molecule has 1 atom stereocenters. The first-order valence-corrected chi connectivity index (χ1v) is 3.65. The van der Waals surface area contributed by atoms with Crippen molar-refractivity contribution in [1.29, 1.82) is 0 Å². The molecular formula is C9H9NO3. The molecule has 0 aromatic heterocycles. The van der Waals surface area contributed by atoms with E-state index >= 15 is 0 Å². The Labute approximate surface area is 75.8 Å². The summed E-state index contributed by atoms with van der Waals surface area (Å²) in [6.07, 6.45) is 4.11. The van der Waals surface area contributed by atoms with Gasteiger partial charge in [0.05, 0.1) is 6.26 Å². The summed E-state index contributed by atoms with van der Waals surface area (Å²) in [6.45, 7) is 6.78. The summed E-state index contributed by atoms with van der Waals surface area (Å²) in [7, 11) is 0. The third-order valence-electron chi connectivity index (χ3n) is 1.54. The highest BCUT2D eigenvalue weighted by Gasteiger charge is 2.29. The lowest BCUT2D eigenvalue weighted by molar-refractivity contribution is -0.145. The molecule has 0 bridgehead atoms. The van der Waals surface area contributed by atoms with Crippen molar-refractivity contribution in [2.45, 2.75) is 6.23 Å². The van der Waals surface area contributed by atoms with Crippen LogP contribution in [0.15, 0.2) is 37.6 Å². The van der Waals surface area contributed by atoms with Gasteiger partial charge in [-0.15, -0.1) is 0 Å². The van der Waals surface area contributed by atoms with Gasteiger partial charge < -0.3 is 4.74 Å². The fraction of sp³-hybridized carbons (Fsp3) is 0.111. The van der Waals surface area contributed by atoms with Crippen LogP contribution in [-0.4, -0.2) is 22.9 Å². The molecule has 4 heteroatoms. The van der Waals surface area contributed by atoms with Crippen molar-refractivity contribution < 1.29 is 14.3 Å². The molecule has 1 unspecified atom stereocenters. The van der Waals surface area contributed by atoms with Crippen molar-refractivity contribution in [2.75, 3.05) is 0 Å². The topological polar surface area (TPSA) is 46.6 Å². The molecule has 0 aromatic carbocycles. The van der Waals surface area contributed by atoms with E-state index in [0.717, 1.165) is 11.2 Å². The van der Waals surface area contributed by atoms with E-state index in [-0.39, 0.29) is 0 Å². The third kappa shape index (κ3) is 1.66. The standard InChI is InChI=1S/C9H9NO3/c1-3-9(13-4-2)10-7(11)5-6-8(10)12/h3-6,9H,1-2H2. The monoisotopic (exact) mass is 179 g/mol. The maximum Gasteiger partial charge on any atom is 0.256 e. The smallest absolute Gasteiger partial charge is 0.256 e. The number of amides is 2. The highest BCUT2D eigenvalue weighted by Crippen LogP contribution is 2.11. The quantitative estimate of drug-likeness (QED) is 0.360. The zero-order valence-corrected chi connectivity index (χ0v) is 6.97. The van der Waals surface area contributed by atoms with Gasteiger partial charge in [0.1, 0.15) is 0 Å². The SMILES string of the molecule is C=COC(C=C)N1C(=O)C=CC1=O. The van der Waals surface area contributed by atoms with Crippen LogP contribution in [0.25, 0.3) is 0 Å². The Kier molecular flexibility index (Phi) is 2.64. The van der Waals surface area contributed by atoms with Gasteiger partial charge in [0.15, 0.2) is 6.23 Å². The summed E-state index contributed by atoms with van der Waals surface area (Å²) in [4.78, 5) is 23.2. The van der Waals surface area contributed by atoms with E-state index in [1.54, 1.807) is 0 Å². The van der Waals surface area contributed by atoms with Gasteiger partial charge in [0.2, 0.25) is 0 Å². The normalized spacial score (nSPS) is 17.4. The Bertz CT molecular complexity index is 275. The first kappa shape index (κ1) is 9.25. The van der Waals surface area contributed by atoms with Crippen LogP contribution in [0.1, 0.15) is 0 Å². The number of rotatable bonds is 4. The van der Waals surface area contributed by atoms with Gasteiger partial charge in [-0.05, 0) is 6.08 Å². The predicted molar refractivity (Wildman–Crippen MR) is 46.3 cm³/mol. The van der Waals surface area contributed by atoms with Gasteiger partial charge in [-0.25, -0.2) is 4.90 Å². The van der Waals surface area contributed by atoms with Gasteiger partial charge in [-0.3, -0.25) is 9.59 Å². The molecule has 0 saturated carbocycles. The molecule has 2 amide bonds. The lowest BCUT2D eigenvalue weighted by Gasteiger charge is -2.21. The van der Waals surface area contributed by atoms with Crippen molar-refractivity contribution in [1.82, 2.24) is 4.90 Å². The minimum Gasteiger partial charge on any atom is -0.475 e. The lowest BCUT2D eigenvalue weighted by atomic mass is 10.4. The highest BCUT2D eigenvalue weighted by atomic mass is 16.5. The summed E-state index contributed by atoms with van der Waals surface area (Å²) >= 11 is 0. The number of ether oxygens (including phenoxy) is 1. The Hall–Kier alpha value is -1.84. The van der Waals surface area contributed by atoms with Crippen LogP contribution < -0.4 is 0 Å². The number of carbonyl (C=O) groups is 2. The zero-order valence-electron chi connectivity index (χ0n) is 6.97. The molecule has 1 rings (SSSR count). The molecule has 1 heterocycles. The largest absolute Gasteiger partial charge is 0.475 e. The van der Waals surface area contributed by atoms with Crippen molar-refractivity contribution in [3.63, 3.8) is 0 Å². The average molecular weight is 179 g/mol. The van der Waals surface area contributed by atoms with Crippen LogP contribution in [0.3, 0.4) is 0 Å². The number of hydrogen-bond donors (Lipinski definition) is 0. The summed E-state index contributed by atoms with van der Waals surface area (Å²) in [5, 5.41) is 0. The minimum atomic E-state index is -0.771. The lowest BCUT2D eigenvalue weighted by Crippen LogP contribution is -2.39. The predicted octanol–water partition coefficient (Wildman–Crippen LogP) is 0.584. The Morgan fingerprint density at radius 3 is 2.23 bits per heavy atom. The molecule has 68 valence electrons. The number of hydrogen-bond acceptors (Lipinski definition) is 3. The molecule has 4 nitrogen and oxygen atoms in total. The van der Waals surface area contributed by atoms with Gasteiger partial charge >= 0.3 is 0 Å². The van der Waals surface area contributed by atoms with Gasteiger partial charge in [0, 0.05) is 12.2 Å². The maximum atomic E-state index is 11.1. The number of nitrogens with zero attached hydrogens (tertiary/aromatic N) is 1.